The number of aromatic amines is 1. The van der Waals surface area contributed by atoms with Crippen LogP contribution in [-0.2, 0) is 0 Å². The molecule has 0 spiro atoms. The number of aryl methyl sites for hydroxylation is 2. The van der Waals surface area contributed by atoms with Crippen molar-refractivity contribution in [3.63, 3.8) is 0 Å². The largest absolute Gasteiger partial charge is 0.341 e. The summed E-state index contributed by atoms with van der Waals surface area (Å²) in [4.78, 5) is 11.4. The van der Waals surface area contributed by atoms with Gasteiger partial charge in [-0.15, -0.1) is 6.42 Å². The summed E-state index contributed by atoms with van der Waals surface area (Å²) in [5.74, 6) is 2.16. The fourth-order valence-corrected chi connectivity index (χ4v) is 1.11. The third-order valence-electron chi connectivity index (χ3n) is 1.71. The van der Waals surface area contributed by atoms with E-state index in [-0.39, 0.29) is 12.5 Å². The first-order valence-electron chi connectivity index (χ1n) is 3.90. The van der Waals surface area contributed by atoms with Gasteiger partial charge in [0.25, 0.3) is 5.91 Å². The van der Waals surface area contributed by atoms with Crippen molar-refractivity contribution < 1.29 is 4.79 Å². The number of rotatable bonds is 2. The number of hydrogen-bond acceptors (Lipinski definition) is 2. The Morgan fingerprint density at radius 1 is 1.69 bits per heavy atom. The minimum absolute atomic E-state index is 0.179. The number of carbonyl (C=O) groups excluding carboxylic acids is 1. The highest BCUT2D eigenvalue weighted by molar-refractivity contribution is 5.96. The van der Waals surface area contributed by atoms with Gasteiger partial charge in [0.15, 0.2) is 0 Å². The quantitative estimate of drug-likeness (QED) is 0.642. The number of carbonyl (C=O) groups is 1. The fraction of sp³-hybridized carbons (Fsp3) is 0.333. The lowest BCUT2D eigenvalue weighted by Gasteiger charge is -2.00. The van der Waals surface area contributed by atoms with Crippen molar-refractivity contribution in [3.8, 4) is 12.3 Å². The van der Waals surface area contributed by atoms with Gasteiger partial charge in [-0.2, -0.15) is 5.10 Å². The van der Waals surface area contributed by atoms with Gasteiger partial charge >= 0.3 is 0 Å². The first-order chi connectivity index (χ1) is 6.16. The molecule has 13 heavy (non-hydrogen) atoms. The molecular weight excluding hydrogens is 166 g/mol. The van der Waals surface area contributed by atoms with E-state index in [2.05, 4.69) is 21.4 Å². The normalized spacial score (nSPS) is 9.31. The van der Waals surface area contributed by atoms with Crippen LogP contribution in [0.15, 0.2) is 0 Å². The van der Waals surface area contributed by atoms with E-state index < -0.39 is 0 Å². The number of terminal acetylenes is 1. The van der Waals surface area contributed by atoms with Crippen LogP contribution in [0.1, 0.15) is 21.7 Å². The number of nitrogens with one attached hydrogen (secondary N) is 2. The first-order valence-corrected chi connectivity index (χ1v) is 3.90. The Kier molecular flexibility index (Phi) is 2.70. The van der Waals surface area contributed by atoms with Crippen LogP contribution >= 0.6 is 0 Å². The second kappa shape index (κ2) is 3.76. The lowest BCUT2D eigenvalue weighted by atomic mass is 10.2. The molecular formula is C9H11N3O. The molecule has 0 aliphatic carbocycles. The van der Waals surface area contributed by atoms with Crippen LogP contribution in [0.3, 0.4) is 0 Å². The maximum atomic E-state index is 11.4. The maximum absolute atomic E-state index is 11.4. The molecule has 0 radical (unpaired) electrons. The molecule has 0 aliphatic rings. The smallest absolute Gasteiger partial charge is 0.255 e. The van der Waals surface area contributed by atoms with Crippen LogP contribution in [0.2, 0.25) is 0 Å². The van der Waals surface area contributed by atoms with Crippen molar-refractivity contribution >= 4 is 5.91 Å². The third-order valence-corrected chi connectivity index (χ3v) is 1.71. The lowest BCUT2D eigenvalue weighted by molar-refractivity contribution is 0.0957. The molecule has 1 aromatic heterocycles. The molecule has 0 saturated carbocycles. The number of amides is 1. The number of nitrogens with zero attached hydrogens (tertiary/aromatic N) is 1. The van der Waals surface area contributed by atoms with Gasteiger partial charge in [0.2, 0.25) is 0 Å². The molecule has 0 aliphatic heterocycles. The number of H-pyrrole nitrogens is 1. The summed E-state index contributed by atoms with van der Waals surface area (Å²) in [6.07, 6.45) is 5.02. The van der Waals surface area contributed by atoms with E-state index in [0.29, 0.717) is 11.3 Å². The molecule has 68 valence electrons. The molecule has 0 fully saturated rings. The highest BCUT2D eigenvalue weighted by atomic mass is 16.1. The van der Waals surface area contributed by atoms with Gasteiger partial charge in [-0.3, -0.25) is 9.89 Å². The van der Waals surface area contributed by atoms with Gasteiger partial charge in [-0.1, -0.05) is 5.92 Å². The molecule has 1 amide bonds. The van der Waals surface area contributed by atoms with Gasteiger partial charge in [0, 0.05) is 5.69 Å². The van der Waals surface area contributed by atoms with Gasteiger partial charge in [0.1, 0.15) is 0 Å². The average Bonchev–Trinajstić information content (AvgIpc) is 2.42. The van der Waals surface area contributed by atoms with Crippen LogP contribution < -0.4 is 5.32 Å². The molecule has 0 bridgehead atoms. The topological polar surface area (TPSA) is 57.8 Å². The Bertz CT molecular complexity index is 340. The maximum Gasteiger partial charge on any atom is 0.255 e. The van der Waals surface area contributed by atoms with Gasteiger partial charge in [0.05, 0.1) is 17.8 Å². The monoisotopic (exact) mass is 177 g/mol. The zero-order chi connectivity index (χ0) is 9.84. The molecule has 0 atom stereocenters. The minimum atomic E-state index is -0.179. The van der Waals surface area contributed by atoms with Crippen LogP contribution in [-0.4, -0.2) is 22.6 Å². The second-order valence-corrected chi connectivity index (χ2v) is 2.70. The molecule has 0 aromatic carbocycles. The highest BCUT2D eigenvalue weighted by Gasteiger charge is 2.13. The number of hydrogen-bond donors (Lipinski definition) is 2. The summed E-state index contributed by atoms with van der Waals surface area (Å²) in [7, 11) is 0. The van der Waals surface area contributed by atoms with Gasteiger partial charge in [-0.05, 0) is 13.8 Å². The van der Waals surface area contributed by atoms with E-state index in [1.54, 1.807) is 13.8 Å². The molecule has 4 nitrogen and oxygen atoms in total. The van der Waals surface area contributed by atoms with Crippen LogP contribution in [0.5, 0.6) is 0 Å². The third kappa shape index (κ3) is 1.88. The van der Waals surface area contributed by atoms with Crippen LogP contribution in [0, 0.1) is 26.2 Å². The summed E-state index contributed by atoms with van der Waals surface area (Å²) in [5.41, 5.74) is 2.02. The Hall–Kier alpha value is -1.76. The highest BCUT2D eigenvalue weighted by Crippen LogP contribution is 2.08. The fourth-order valence-electron chi connectivity index (χ4n) is 1.11. The minimum Gasteiger partial charge on any atom is -0.341 e. The molecule has 0 unspecified atom stereocenters. The predicted molar refractivity (Wildman–Crippen MR) is 49.2 cm³/mol. The van der Waals surface area contributed by atoms with Crippen molar-refractivity contribution in [2.45, 2.75) is 13.8 Å². The Morgan fingerprint density at radius 2 is 2.38 bits per heavy atom. The van der Waals surface area contributed by atoms with Crippen molar-refractivity contribution in [1.29, 1.82) is 0 Å². The Morgan fingerprint density at radius 3 is 2.85 bits per heavy atom. The van der Waals surface area contributed by atoms with E-state index in [9.17, 15) is 4.79 Å². The zero-order valence-corrected chi connectivity index (χ0v) is 7.64. The average molecular weight is 177 g/mol. The van der Waals surface area contributed by atoms with Crippen molar-refractivity contribution in [1.82, 2.24) is 15.5 Å². The van der Waals surface area contributed by atoms with Crippen LogP contribution in [0.4, 0.5) is 0 Å². The summed E-state index contributed by atoms with van der Waals surface area (Å²) >= 11 is 0. The molecule has 1 heterocycles. The summed E-state index contributed by atoms with van der Waals surface area (Å²) in [6, 6.07) is 0. The Labute approximate surface area is 76.7 Å². The van der Waals surface area contributed by atoms with E-state index in [4.69, 9.17) is 6.42 Å². The summed E-state index contributed by atoms with van der Waals surface area (Å²) < 4.78 is 0. The zero-order valence-electron chi connectivity index (χ0n) is 7.64. The van der Waals surface area contributed by atoms with Crippen molar-refractivity contribution in [2.24, 2.45) is 0 Å². The second-order valence-electron chi connectivity index (χ2n) is 2.70. The van der Waals surface area contributed by atoms with E-state index in [0.717, 1.165) is 5.69 Å². The van der Waals surface area contributed by atoms with E-state index in [1.807, 2.05) is 0 Å². The summed E-state index contributed by atoms with van der Waals surface area (Å²) in [6.45, 7) is 3.81. The first kappa shape index (κ1) is 9.33. The molecule has 0 saturated heterocycles. The standard InChI is InChI=1S/C9H11N3O/c1-4-5-10-9(13)8-6(2)11-12-7(8)3/h1H,5H2,2-3H3,(H,10,13)(H,11,12). The molecule has 2 N–H and O–H groups in total. The molecule has 1 rings (SSSR count). The van der Waals surface area contributed by atoms with E-state index >= 15 is 0 Å². The Balaban J connectivity index is 2.83. The van der Waals surface area contributed by atoms with Crippen molar-refractivity contribution in [2.75, 3.05) is 6.54 Å². The molecule has 4 heteroatoms. The SMILES string of the molecule is C#CCNC(=O)c1c(C)n[nH]c1C. The van der Waals surface area contributed by atoms with E-state index in [1.165, 1.54) is 0 Å². The van der Waals surface area contributed by atoms with Crippen LogP contribution in [0.25, 0.3) is 0 Å². The molecule has 1 aromatic rings. The van der Waals surface area contributed by atoms with Gasteiger partial charge in [-0.25, -0.2) is 0 Å². The van der Waals surface area contributed by atoms with Crippen molar-refractivity contribution in [3.05, 3.63) is 17.0 Å². The lowest BCUT2D eigenvalue weighted by Crippen LogP contribution is -2.24. The van der Waals surface area contributed by atoms with Gasteiger partial charge < -0.3 is 5.32 Å². The predicted octanol–water partition coefficient (Wildman–Crippen LogP) is 0.390. The number of aromatic nitrogens is 2. The summed E-state index contributed by atoms with van der Waals surface area (Å²) in [5, 5.41) is 9.22.